The number of hydrogen-bond acceptors (Lipinski definition) is 5. The molecule has 0 aliphatic heterocycles. The summed E-state index contributed by atoms with van der Waals surface area (Å²) >= 11 is 0. The molecule has 0 fully saturated rings. The first-order valence-corrected chi connectivity index (χ1v) is 6.90. The van der Waals surface area contributed by atoms with Crippen molar-refractivity contribution < 1.29 is 18.7 Å². The average Bonchev–Trinajstić information content (AvgIpc) is 2.79. The lowest BCUT2D eigenvalue weighted by Crippen LogP contribution is -2.33. The summed E-state index contributed by atoms with van der Waals surface area (Å²) in [7, 11) is 1.27. The monoisotopic (exact) mass is 306 g/mol. The Bertz CT molecular complexity index is 757. The molecule has 0 unspecified atom stereocenters. The standard InChI is InChI=1S/C15H18N2O5/c1-9(2)7-16-13(18)8-17-11-5-4-10(14(19)21-3)6-12(11)22-15(17)20/h4-6,9H,7-8H2,1-3H3,(H,16,18). The maximum Gasteiger partial charge on any atom is 0.420 e. The number of oxazole rings is 1. The van der Waals surface area contributed by atoms with E-state index in [-0.39, 0.29) is 23.6 Å². The van der Waals surface area contributed by atoms with E-state index in [2.05, 4.69) is 10.1 Å². The van der Waals surface area contributed by atoms with E-state index in [1.165, 1.54) is 23.8 Å². The molecule has 1 N–H and O–H groups in total. The Balaban J connectivity index is 2.27. The number of methoxy groups -OCH3 is 1. The van der Waals surface area contributed by atoms with Crippen LogP contribution in [-0.2, 0) is 16.1 Å². The molecule has 0 saturated carbocycles. The zero-order valence-corrected chi connectivity index (χ0v) is 12.7. The molecular weight excluding hydrogens is 288 g/mol. The Morgan fingerprint density at radius 2 is 2.09 bits per heavy atom. The molecule has 22 heavy (non-hydrogen) atoms. The lowest BCUT2D eigenvalue weighted by Gasteiger charge is -2.07. The number of rotatable bonds is 5. The van der Waals surface area contributed by atoms with Crippen LogP contribution >= 0.6 is 0 Å². The molecule has 1 amide bonds. The van der Waals surface area contributed by atoms with Gasteiger partial charge in [-0.1, -0.05) is 13.8 Å². The van der Waals surface area contributed by atoms with Gasteiger partial charge in [0.1, 0.15) is 6.54 Å². The number of amides is 1. The van der Waals surface area contributed by atoms with Crippen molar-refractivity contribution in [3.05, 3.63) is 34.3 Å². The zero-order chi connectivity index (χ0) is 16.3. The molecule has 1 aromatic heterocycles. The van der Waals surface area contributed by atoms with Crippen LogP contribution < -0.4 is 11.1 Å². The molecule has 0 aliphatic rings. The predicted octanol–water partition coefficient (Wildman–Crippen LogP) is 1.15. The summed E-state index contributed by atoms with van der Waals surface area (Å²) in [6.45, 7) is 4.37. The number of benzene rings is 1. The van der Waals surface area contributed by atoms with Crippen LogP contribution in [0.25, 0.3) is 11.1 Å². The van der Waals surface area contributed by atoms with Crippen molar-refractivity contribution in [2.45, 2.75) is 20.4 Å². The number of fused-ring (bicyclic) bond motifs is 1. The molecule has 0 saturated heterocycles. The third-order valence-corrected chi connectivity index (χ3v) is 3.10. The Morgan fingerprint density at radius 3 is 2.73 bits per heavy atom. The molecule has 7 heteroatoms. The van der Waals surface area contributed by atoms with Crippen molar-refractivity contribution in [2.24, 2.45) is 5.92 Å². The van der Waals surface area contributed by atoms with Gasteiger partial charge in [-0.25, -0.2) is 9.59 Å². The third kappa shape index (κ3) is 3.36. The Labute approximate surface area is 126 Å². The quantitative estimate of drug-likeness (QED) is 0.837. The Hall–Kier alpha value is -2.57. The molecule has 0 atom stereocenters. The van der Waals surface area contributed by atoms with E-state index < -0.39 is 11.7 Å². The number of carbonyl (C=O) groups excluding carboxylic acids is 2. The molecule has 0 spiro atoms. The van der Waals surface area contributed by atoms with Crippen molar-refractivity contribution in [1.82, 2.24) is 9.88 Å². The van der Waals surface area contributed by atoms with Crippen LogP contribution in [0.15, 0.2) is 27.4 Å². The van der Waals surface area contributed by atoms with Gasteiger partial charge >= 0.3 is 11.7 Å². The summed E-state index contributed by atoms with van der Waals surface area (Å²) in [6, 6.07) is 4.50. The lowest BCUT2D eigenvalue weighted by molar-refractivity contribution is -0.121. The van der Waals surface area contributed by atoms with E-state index in [0.717, 1.165) is 0 Å². The van der Waals surface area contributed by atoms with Crippen LogP contribution in [0.5, 0.6) is 0 Å². The highest BCUT2D eigenvalue weighted by molar-refractivity contribution is 5.93. The molecule has 1 heterocycles. The minimum absolute atomic E-state index is 0.129. The van der Waals surface area contributed by atoms with E-state index in [4.69, 9.17) is 4.42 Å². The SMILES string of the molecule is COC(=O)c1ccc2c(c1)oc(=O)n2CC(=O)NCC(C)C. The van der Waals surface area contributed by atoms with Crippen molar-refractivity contribution in [3.8, 4) is 0 Å². The van der Waals surface area contributed by atoms with Crippen LogP contribution in [0, 0.1) is 5.92 Å². The first-order valence-electron chi connectivity index (χ1n) is 6.90. The zero-order valence-electron chi connectivity index (χ0n) is 12.7. The van der Waals surface area contributed by atoms with E-state index in [1.807, 2.05) is 13.8 Å². The number of nitrogens with zero attached hydrogens (tertiary/aromatic N) is 1. The topological polar surface area (TPSA) is 90.5 Å². The van der Waals surface area contributed by atoms with E-state index in [0.29, 0.717) is 18.0 Å². The fourth-order valence-corrected chi connectivity index (χ4v) is 1.98. The van der Waals surface area contributed by atoms with Gasteiger partial charge in [0.05, 0.1) is 18.2 Å². The van der Waals surface area contributed by atoms with Crippen LogP contribution in [0.1, 0.15) is 24.2 Å². The summed E-state index contributed by atoms with van der Waals surface area (Å²) in [5.41, 5.74) is 0.974. The van der Waals surface area contributed by atoms with Crippen LogP contribution in [0.4, 0.5) is 0 Å². The Morgan fingerprint density at radius 1 is 1.36 bits per heavy atom. The molecule has 0 aliphatic carbocycles. The third-order valence-electron chi connectivity index (χ3n) is 3.10. The summed E-state index contributed by atoms with van der Waals surface area (Å²) in [4.78, 5) is 35.2. The fraction of sp³-hybridized carbons (Fsp3) is 0.400. The minimum Gasteiger partial charge on any atom is -0.465 e. The predicted molar refractivity (Wildman–Crippen MR) is 79.7 cm³/mol. The normalized spacial score (nSPS) is 10.9. The van der Waals surface area contributed by atoms with Crippen molar-refractivity contribution in [2.75, 3.05) is 13.7 Å². The van der Waals surface area contributed by atoms with Gasteiger partial charge in [-0.05, 0) is 24.1 Å². The lowest BCUT2D eigenvalue weighted by atomic mass is 10.2. The maximum atomic E-state index is 11.9. The van der Waals surface area contributed by atoms with Crippen molar-refractivity contribution in [1.29, 1.82) is 0 Å². The van der Waals surface area contributed by atoms with Gasteiger partial charge in [-0.2, -0.15) is 0 Å². The summed E-state index contributed by atoms with van der Waals surface area (Å²) in [5.74, 6) is -1.11. The number of ether oxygens (including phenoxy) is 1. The van der Waals surface area contributed by atoms with Gasteiger partial charge in [0.15, 0.2) is 5.58 Å². The smallest absolute Gasteiger partial charge is 0.420 e. The number of nitrogens with one attached hydrogen (secondary N) is 1. The fourth-order valence-electron chi connectivity index (χ4n) is 1.98. The highest BCUT2D eigenvalue weighted by atomic mass is 16.5. The Kier molecular flexibility index (Phi) is 4.65. The molecule has 2 aromatic rings. The van der Waals surface area contributed by atoms with Gasteiger partial charge in [0, 0.05) is 6.54 Å². The molecule has 1 aromatic carbocycles. The van der Waals surface area contributed by atoms with Gasteiger partial charge < -0.3 is 14.5 Å². The number of carbonyl (C=O) groups is 2. The largest absolute Gasteiger partial charge is 0.465 e. The van der Waals surface area contributed by atoms with Crippen LogP contribution in [-0.4, -0.2) is 30.1 Å². The van der Waals surface area contributed by atoms with Gasteiger partial charge in [0.25, 0.3) is 0 Å². The minimum atomic E-state index is -0.642. The van der Waals surface area contributed by atoms with E-state index in [1.54, 1.807) is 6.07 Å². The van der Waals surface area contributed by atoms with E-state index in [9.17, 15) is 14.4 Å². The summed E-state index contributed by atoms with van der Waals surface area (Å²) < 4.78 is 10.9. The van der Waals surface area contributed by atoms with Gasteiger partial charge in [0.2, 0.25) is 5.91 Å². The second-order valence-corrected chi connectivity index (χ2v) is 5.33. The first kappa shape index (κ1) is 15.8. The van der Waals surface area contributed by atoms with E-state index >= 15 is 0 Å². The molecule has 0 bridgehead atoms. The van der Waals surface area contributed by atoms with Gasteiger partial charge in [-0.3, -0.25) is 9.36 Å². The molecule has 118 valence electrons. The second-order valence-electron chi connectivity index (χ2n) is 5.33. The van der Waals surface area contributed by atoms with Crippen molar-refractivity contribution >= 4 is 23.0 Å². The number of hydrogen-bond donors (Lipinski definition) is 1. The average molecular weight is 306 g/mol. The van der Waals surface area contributed by atoms with Crippen LogP contribution in [0.2, 0.25) is 0 Å². The number of aromatic nitrogens is 1. The van der Waals surface area contributed by atoms with Crippen molar-refractivity contribution in [3.63, 3.8) is 0 Å². The second kappa shape index (κ2) is 6.46. The highest BCUT2D eigenvalue weighted by Gasteiger charge is 2.15. The van der Waals surface area contributed by atoms with Crippen LogP contribution in [0.3, 0.4) is 0 Å². The molecule has 7 nitrogen and oxygen atoms in total. The molecule has 0 radical (unpaired) electrons. The summed E-state index contributed by atoms with van der Waals surface area (Å²) in [6.07, 6.45) is 0. The summed E-state index contributed by atoms with van der Waals surface area (Å²) in [5, 5.41) is 2.74. The number of esters is 1. The van der Waals surface area contributed by atoms with Gasteiger partial charge in [-0.15, -0.1) is 0 Å². The first-order chi connectivity index (χ1) is 10.4. The highest BCUT2D eigenvalue weighted by Crippen LogP contribution is 2.15. The molecular formula is C15H18N2O5. The molecule has 2 rings (SSSR count). The maximum absolute atomic E-state index is 11.9.